The molecule has 1 aromatic rings. The predicted octanol–water partition coefficient (Wildman–Crippen LogP) is 2.29. The molecule has 0 radical (unpaired) electrons. The first-order chi connectivity index (χ1) is 9.81. The van der Waals surface area contributed by atoms with Crippen molar-refractivity contribution in [2.75, 3.05) is 33.5 Å². The summed E-state index contributed by atoms with van der Waals surface area (Å²) in [6.07, 6.45) is 2.60. The van der Waals surface area contributed by atoms with Crippen molar-refractivity contribution < 1.29 is 14.2 Å². The summed E-state index contributed by atoms with van der Waals surface area (Å²) >= 11 is 0. The summed E-state index contributed by atoms with van der Waals surface area (Å²) in [6.45, 7) is 5.37. The smallest absolute Gasteiger partial charge is 0.126 e. The van der Waals surface area contributed by atoms with E-state index >= 15 is 0 Å². The first-order valence-electron chi connectivity index (χ1n) is 7.32. The second kappa shape index (κ2) is 8.25. The molecule has 0 bridgehead atoms. The average molecular weight is 279 g/mol. The quantitative estimate of drug-likeness (QED) is 0.667. The molecule has 1 aliphatic carbocycles. The topological polar surface area (TPSA) is 39.7 Å². The van der Waals surface area contributed by atoms with Crippen LogP contribution in [-0.2, 0) is 16.0 Å². The van der Waals surface area contributed by atoms with E-state index in [1.165, 1.54) is 24.0 Å². The van der Waals surface area contributed by atoms with Gasteiger partial charge in [-0.05, 0) is 25.3 Å². The molecule has 4 heteroatoms. The number of aryl methyl sites for hydroxylation is 1. The Morgan fingerprint density at radius 1 is 1.15 bits per heavy atom. The van der Waals surface area contributed by atoms with Crippen LogP contribution in [0, 0.1) is 6.92 Å². The van der Waals surface area contributed by atoms with Crippen LogP contribution in [0.15, 0.2) is 18.2 Å². The minimum absolute atomic E-state index is 0.574. The summed E-state index contributed by atoms with van der Waals surface area (Å²) < 4.78 is 16.2. The lowest BCUT2D eigenvalue weighted by atomic mass is 10.1. The van der Waals surface area contributed by atoms with E-state index in [0.717, 1.165) is 12.3 Å². The maximum Gasteiger partial charge on any atom is 0.126 e. The lowest BCUT2D eigenvalue weighted by molar-refractivity contribution is 0.0541. The molecule has 1 saturated carbocycles. The van der Waals surface area contributed by atoms with Gasteiger partial charge in [0, 0.05) is 25.3 Å². The van der Waals surface area contributed by atoms with Crippen LogP contribution in [-0.4, -0.2) is 39.6 Å². The minimum atomic E-state index is 0.574. The molecule has 0 spiro atoms. The minimum Gasteiger partial charge on any atom is -0.491 e. The molecule has 0 aromatic heterocycles. The second-order valence-electron chi connectivity index (χ2n) is 5.17. The van der Waals surface area contributed by atoms with Gasteiger partial charge < -0.3 is 19.5 Å². The molecular formula is C16H25NO3. The molecule has 0 heterocycles. The molecular weight excluding hydrogens is 254 g/mol. The zero-order valence-electron chi connectivity index (χ0n) is 12.5. The van der Waals surface area contributed by atoms with Gasteiger partial charge in [0.15, 0.2) is 0 Å². The van der Waals surface area contributed by atoms with E-state index in [0.29, 0.717) is 32.5 Å². The van der Waals surface area contributed by atoms with Gasteiger partial charge in [0.1, 0.15) is 12.4 Å². The summed E-state index contributed by atoms with van der Waals surface area (Å²) in [6, 6.07) is 7.01. The fourth-order valence-corrected chi connectivity index (χ4v) is 2.05. The van der Waals surface area contributed by atoms with Crippen LogP contribution in [0.25, 0.3) is 0 Å². The van der Waals surface area contributed by atoms with Crippen molar-refractivity contribution in [3.8, 4) is 5.75 Å². The Hall–Kier alpha value is -1.10. The van der Waals surface area contributed by atoms with Gasteiger partial charge in [-0.1, -0.05) is 18.2 Å². The zero-order chi connectivity index (χ0) is 14.2. The third kappa shape index (κ3) is 5.12. The SMILES string of the molecule is COCCOCCOc1c(C)cccc1CNC1CC1. The van der Waals surface area contributed by atoms with E-state index in [-0.39, 0.29) is 0 Å². The number of ether oxygens (including phenoxy) is 3. The van der Waals surface area contributed by atoms with E-state index < -0.39 is 0 Å². The number of nitrogens with one attached hydrogen (secondary N) is 1. The van der Waals surface area contributed by atoms with Gasteiger partial charge in [0.2, 0.25) is 0 Å². The highest BCUT2D eigenvalue weighted by atomic mass is 16.5. The number of para-hydroxylation sites is 1. The zero-order valence-corrected chi connectivity index (χ0v) is 12.5. The van der Waals surface area contributed by atoms with Crippen molar-refractivity contribution in [2.45, 2.75) is 32.4 Å². The lowest BCUT2D eigenvalue weighted by Gasteiger charge is -2.14. The van der Waals surface area contributed by atoms with Gasteiger partial charge in [-0.3, -0.25) is 0 Å². The van der Waals surface area contributed by atoms with E-state index in [1.807, 2.05) is 0 Å². The summed E-state index contributed by atoms with van der Waals surface area (Å²) in [5, 5.41) is 3.53. The van der Waals surface area contributed by atoms with Crippen LogP contribution in [0.4, 0.5) is 0 Å². The highest BCUT2D eigenvalue weighted by Crippen LogP contribution is 2.25. The largest absolute Gasteiger partial charge is 0.491 e. The van der Waals surface area contributed by atoms with Crippen LogP contribution < -0.4 is 10.1 Å². The molecule has 0 aliphatic heterocycles. The number of methoxy groups -OCH3 is 1. The monoisotopic (exact) mass is 279 g/mol. The number of hydrogen-bond donors (Lipinski definition) is 1. The predicted molar refractivity (Wildman–Crippen MR) is 79.2 cm³/mol. The summed E-state index contributed by atoms with van der Waals surface area (Å²) in [7, 11) is 1.67. The summed E-state index contributed by atoms with van der Waals surface area (Å²) in [5.74, 6) is 0.996. The lowest BCUT2D eigenvalue weighted by Crippen LogP contribution is -2.17. The Kier molecular flexibility index (Phi) is 6.30. The van der Waals surface area contributed by atoms with Gasteiger partial charge in [0.25, 0.3) is 0 Å². The fourth-order valence-electron chi connectivity index (χ4n) is 2.05. The molecule has 0 saturated heterocycles. The summed E-state index contributed by atoms with van der Waals surface area (Å²) in [5.41, 5.74) is 2.41. The Morgan fingerprint density at radius 3 is 2.70 bits per heavy atom. The van der Waals surface area contributed by atoms with E-state index in [2.05, 4.69) is 30.4 Å². The highest BCUT2D eigenvalue weighted by molar-refractivity contribution is 5.40. The molecule has 0 atom stereocenters. The van der Waals surface area contributed by atoms with Gasteiger partial charge in [-0.2, -0.15) is 0 Å². The summed E-state index contributed by atoms with van der Waals surface area (Å²) in [4.78, 5) is 0. The van der Waals surface area contributed by atoms with Crippen LogP contribution in [0.5, 0.6) is 5.75 Å². The number of benzene rings is 1. The third-order valence-electron chi connectivity index (χ3n) is 3.36. The van der Waals surface area contributed by atoms with E-state index in [4.69, 9.17) is 14.2 Å². The normalized spacial score (nSPS) is 14.5. The first-order valence-corrected chi connectivity index (χ1v) is 7.32. The fraction of sp³-hybridized carbons (Fsp3) is 0.625. The van der Waals surface area contributed by atoms with E-state index in [9.17, 15) is 0 Å². The molecule has 2 rings (SSSR count). The van der Waals surface area contributed by atoms with Crippen molar-refractivity contribution in [2.24, 2.45) is 0 Å². The molecule has 1 aromatic carbocycles. The van der Waals surface area contributed by atoms with Crippen LogP contribution >= 0.6 is 0 Å². The molecule has 1 N–H and O–H groups in total. The van der Waals surface area contributed by atoms with Crippen LogP contribution in [0.1, 0.15) is 24.0 Å². The number of rotatable bonds is 10. The van der Waals surface area contributed by atoms with Gasteiger partial charge in [-0.25, -0.2) is 0 Å². The first kappa shape index (κ1) is 15.3. The Labute approximate surface area is 121 Å². The van der Waals surface area contributed by atoms with Crippen molar-refractivity contribution >= 4 is 0 Å². The van der Waals surface area contributed by atoms with Gasteiger partial charge >= 0.3 is 0 Å². The standard InChI is InChI=1S/C16H25NO3/c1-13-4-3-5-14(12-17-15-6-7-15)16(13)20-11-10-19-9-8-18-2/h3-5,15,17H,6-12H2,1-2H3. The molecule has 1 aliphatic rings. The molecule has 1 fully saturated rings. The molecule has 20 heavy (non-hydrogen) atoms. The average Bonchev–Trinajstić information content (AvgIpc) is 3.26. The third-order valence-corrected chi connectivity index (χ3v) is 3.36. The molecule has 0 amide bonds. The van der Waals surface area contributed by atoms with Crippen molar-refractivity contribution in [1.82, 2.24) is 5.32 Å². The Morgan fingerprint density at radius 2 is 1.95 bits per heavy atom. The molecule has 0 unspecified atom stereocenters. The van der Waals surface area contributed by atoms with Gasteiger partial charge in [0.05, 0.1) is 19.8 Å². The molecule has 112 valence electrons. The van der Waals surface area contributed by atoms with Crippen molar-refractivity contribution in [1.29, 1.82) is 0 Å². The molecule has 4 nitrogen and oxygen atoms in total. The van der Waals surface area contributed by atoms with Crippen LogP contribution in [0.2, 0.25) is 0 Å². The second-order valence-corrected chi connectivity index (χ2v) is 5.17. The van der Waals surface area contributed by atoms with E-state index in [1.54, 1.807) is 7.11 Å². The van der Waals surface area contributed by atoms with Crippen molar-refractivity contribution in [3.63, 3.8) is 0 Å². The Balaban J connectivity index is 1.78. The maximum absolute atomic E-state index is 5.90. The van der Waals surface area contributed by atoms with Crippen molar-refractivity contribution in [3.05, 3.63) is 29.3 Å². The van der Waals surface area contributed by atoms with Gasteiger partial charge in [-0.15, -0.1) is 0 Å². The highest BCUT2D eigenvalue weighted by Gasteiger charge is 2.20. The number of hydrogen-bond acceptors (Lipinski definition) is 4. The van der Waals surface area contributed by atoms with Crippen LogP contribution in [0.3, 0.4) is 0 Å². The maximum atomic E-state index is 5.90. The Bertz CT molecular complexity index is 405.